The number of rotatable bonds is 6. The molecule has 0 saturated heterocycles. The number of nitrogens with two attached hydrogens (primary N) is 1. The molecular weight excluding hydrogens is 258 g/mol. The predicted molar refractivity (Wildman–Crippen MR) is 68.7 cm³/mol. The Morgan fingerprint density at radius 1 is 1.33 bits per heavy atom. The van der Waals surface area contributed by atoms with Crippen molar-refractivity contribution in [2.24, 2.45) is 0 Å². The number of sulfonamides is 1. The largest absolute Gasteiger partial charge is 0.398 e. The molecule has 0 atom stereocenters. The van der Waals surface area contributed by atoms with Crippen LogP contribution in [0, 0.1) is 0 Å². The molecule has 0 spiro atoms. The topological polar surface area (TPSA) is 125 Å². The van der Waals surface area contributed by atoms with Crippen molar-refractivity contribution in [3.8, 4) is 0 Å². The van der Waals surface area contributed by atoms with Crippen molar-refractivity contribution >= 4 is 21.4 Å². The van der Waals surface area contributed by atoms with E-state index in [0.717, 1.165) is 0 Å². The summed E-state index contributed by atoms with van der Waals surface area (Å²) in [5.41, 5.74) is 6.27. The van der Waals surface area contributed by atoms with E-state index >= 15 is 0 Å². The van der Waals surface area contributed by atoms with Gasteiger partial charge in [0.05, 0.1) is 24.9 Å². The van der Waals surface area contributed by atoms with E-state index < -0.39 is 16.1 Å². The fourth-order valence-electron chi connectivity index (χ4n) is 1.38. The summed E-state index contributed by atoms with van der Waals surface area (Å²) in [7, 11) is -2.29. The number of anilines is 2. The fraction of sp³-hybridized carbons (Fsp3) is 0.400. The zero-order valence-corrected chi connectivity index (χ0v) is 10.7. The Bertz CT molecular complexity index is 500. The van der Waals surface area contributed by atoms with Gasteiger partial charge in [-0.15, -0.1) is 0 Å². The molecule has 18 heavy (non-hydrogen) atoms. The minimum atomic E-state index is -3.59. The first kappa shape index (κ1) is 14.7. The molecule has 0 bridgehead atoms. The fourth-order valence-corrected chi connectivity index (χ4v) is 2.21. The van der Waals surface area contributed by atoms with Gasteiger partial charge < -0.3 is 21.3 Å². The lowest BCUT2D eigenvalue weighted by Gasteiger charge is -2.16. The number of hydrogen-bond donors (Lipinski definition) is 5. The third kappa shape index (κ3) is 3.33. The number of nitrogen functional groups attached to an aromatic ring is 1. The Labute approximate surface area is 106 Å². The molecule has 1 aromatic rings. The molecule has 0 aliphatic heterocycles. The monoisotopic (exact) mass is 275 g/mol. The van der Waals surface area contributed by atoms with Gasteiger partial charge in [-0.3, -0.25) is 0 Å². The zero-order valence-electron chi connectivity index (χ0n) is 9.92. The summed E-state index contributed by atoms with van der Waals surface area (Å²) in [6.45, 7) is -0.486. The average Bonchev–Trinajstić information content (AvgIpc) is 2.35. The molecule has 1 rings (SSSR count). The third-order valence-electron chi connectivity index (χ3n) is 2.38. The third-order valence-corrected chi connectivity index (χ3v) is 3.87. The molecule has 8 heteroatoms. The minimum Gasteiger partial charge on any atom is -0.398 e. The van der Waals surface area contributed by atoms with Crippen LogP contribution in [-0.2, 0) is 10.0 Å². The molecule has 0 saturated carbocycles. The summed E-state index contributed by atoms with van der Waals surface area (Å²) in [6.07, 6.45) is 0. The van der Waals surface area contributed by atoms with Crippen LogP contribution in [0.5, 0.6) is 0 Å². The van der Waals surface area contributed by atoms with E-state index in [1.54, 1.807) is 0 Å². The van der Waals surface area contributed by atoms with E-state index in [1.807, 2.05) is 0 Å². The summed E-state index contributed by atoms with van der Waals surface area (Å²) in [6, 6.07) is 3.78. The molecule has 0 aliphatic carbocycles. The predicted octanol–water partition coefficient (Wildman–Crippen LogP) is -1.06. The molecule has 0 amide bonds. The molecule has 0 aliphatic rings. The van der Waals surface area contributed by atoms with Gasteiger partial charge in [-0.05, 0) is 25.2 Å². The lowest BCUT2D eigenvalue weighted by molar-refractivity contribution is 0.204. The van der Waals surface area contributed by atoms with Crippen molar-refractivity contribution < 1.29 is 18.6 Å². The van der Waals surface area contributed by atoms with Crippen LogP contribution in [0.2, 0.25) is 0 Å². The zero-order chi connectivity index (χ0) is 13.8. The minimum absolute atomic E-state index is 0.0138. The van der Waals surface area contributed by atoms with Gasteiger partial charge in [0, 0.05) is 5.69 Å². The van der Waals surface area contributed by atoms with Crippen molar-refractivity contribution in [1.82, 2.24) is 4.72 Å². The molecular formula is C10H17N3O4S. The van der Waals surface area contributed by atoms with E-state index in [-0.39, 0.29) is 23.8 Å². The van der Waals surface area contributed by atoms with Gasteiger partial charge >= 0.3 is 0 Å². The van der Waals surface area contributed by atoms with E-state index in [2.05, 4.69) is 10.0 Å². The molecule has 0 aromatic heterocycles. The Morgan fingerprint density at radius 2 is 1.94 bits per heavy atom. The number of aliphatic hydroxyl groups is 2. The van der Waals surface area contributed by atoms with Crippen molar-refractivity contribution in [2.75, 3.05) is 31.3 Å². The first-order valence-corrected chi connectivity index (χ1v) is 6.74. The van der Waals surface area contributed by atoms with Crippen molar-refractivity contribution in [1.29, 1.82) is 0 Å². The van der Waals surface area contributed by atoms with Crippen LogP contribution in [0.1, 0.15) is 0 Å². The Kier molecular flexibility index (Phi) is 4.91. The normalized spacial score (nSPS) is 11.8. The van der Waals surface area contributed by atoms with Crippen LogP contribution in [0.25, 0.3) is 0 Å². The second-order valence-corrected chi connectivity index (χ2v) is 5.52. The van der Waals surface area contributed by atoms with Crippen LogP contribution < -0.4 is 15.8 Å². The lowest BCUT2D eigenvalue weighted by atomic mass is 10.2. The summed E-state index contributed by atoms with van der Waals surface area (Å²) < 4.78 is 25.3. The lowest BCUT2D eigenvalue weighted by Crippen LogP contribution is -2.27. The molecule has 7 nitrogen and oxygen atoms in total. The maximum Gasteiger partial charge on any atom is 0.242 e. The van der Waals surface area contributed by atoms with Gasteiger partial charge in [0.25, 0.3) is 0 Å². The van der Waals surface area contributed by atoms with Crippen molar-refractivity contribution in [3.63, 3.8) is 0 Å². The molecule has 0 heterocycles. The van der Waals surface area contributed by atoms with Crippen LogP contribution in [-0.4, -0.2) is 44.9 Å². The number of aliphatic hydroxyl groups excluding tert-OH is 2. The van der Waals surface area contributed by atoms with Crippen LogP contribution in [0.15, 0.2) is 23.1 Å². The highest BCUT2D eigenvalue weighted by molar-refractivity contribution is 7.89. The number of nitrogens with one attached hydrogen (secondary N) is 2. The number of benzene rings is 1. The quantitative estimate of drug-likeness (QED) is 0.422. The second kappa shape index (κ2) is 6.01. The summed E-state index contributed by atoms with van der Waals surface area (Å²) in [5, 5.41) is 20.7. The second-order valence-electron chi connectivity index (χ2n) is 3.67. The van der Waals surface area contributed by atoms with Crippen LogP contribution in [0.4, 0.5) is 11.4 Å². The van der Waals surface area contributed by atoms with Crippen molar-refractivity contribution in [2.45, 2.75) is 10.9 Å². The average molecular weight is 275 g/mol. The first-order chi connectivity index (χ1) is 8.44. The maximum atomic E-state index is 11.6. The Morgan fingerprint density at radius 3 is 2.39 bits per heavy atom. The smallest absolute Gasteiger partial charge is 0.242 e. The van der Waals surface area contributed by atoms with Gasteiger partial charge in [0.1, 0.15) is 4.90 Å². The Balaban J connectivity index is 3.00. The highest BCUT2D eigenvalue weighted by Crippen LogP contribution is 2.22. The first-order valence-electron chi connectivity index (χ1n) is 5.26. The van der Waals surface area contributed by atoms with E-state index in [1.165, 1.54) is 25.2 Å². The molecule has 0 fully saturated rings. The van der Waals surface area contributed by atoms with Gasteiger partial charge in [-0.1, -0.05) is 0 Å². The summed E-state index contributed by atoms with van der Waals surface area (Å²) >= 11 is 0. The van der Waals surface area contributed by atoms with Crippen LogP contribution in [0.3, 0.4) is 0 Å². The van der Waals surface area contributed by atoms with E-state index in [9.17, 15) is 8.42 Å². The van der Waals surface area contributed by atoms with Gasteiger partial charge in [0.15, 0.2) is 0 Å². The number of hydrogen-bond acceptors (Lipinski definition) is 6. The van der Waals surface area contributed by atoms with E-state index in [0.29, 0.717) is 5.69 Å². The van der Waals surface area contributed by atoms with Gasteiger partial charge in [0.2, 0.25) is 10.0 Å². The molecule has 0 radical (unpaired) electrons. The molecule has 102 valence electrons. The van der Waals surface area contributed by atoms with Crippen molar-refractivity contribution in [3.05, 3.63) is 18.2 Å². The molecule has 6 N–H and O–H groups in total. The highest BCUT2D eigenvalue weighted by Gasteiger charge is 2.15. The molecule has 1 aromatic carbocycles. The van der Waals surface area contributed by atoms with Gasteiger partial charge in [-0.25, -0.2) is 13.1 Å². The SMILES string of the molecule is CNS(=O)(=O)c1ccc(NC(CO)CO)cc1N. The van der Waals surface area contributed by atoms with Gasteiger partial charge in [-0.2, -0.15) is 0 Å². The van der Waals surface area contributed by atoms with Crippen LogP contribution >= 0.6 is 0 Å². The summed E-state index contributed by atoms with van der Waals surface area (Å²) in [5.74, 6) is 0. The highest BCUT2D eigenvalue weighted by atomic mass is 32.2. The summed E-state index contributed by atoms with van der Waals surface area (Å²) in [4.78, 5) is -0.0138. The Hall–Kier alpha value is -1.35. The maximum absolute atomic E-state index is 11.6. The standard InChI is InChI=1S/C10H17N3O4S/c1-12-18(16,17)10-3-2-7(4-9(10)11)13-8(5-14)6-15/h2-4,8,12-15H,5-6,11H2,1H3. The molecule has 0 unspecified atom stereocenters. The van der Waals surface area contributed by atoms with E-state index in [4.69, 9.17) is 15.9 Å².